The lowest BCUT2D eigenvalue weighted by atomic mass is 9.87. The van der Waals surface area contributed by atoms with Crippen molar-refractivity contribution < 1.29 is 0 Å². The molecule has 0 aliphatic heterocycles. The van der Waals surface area contributed by atoms with Gasteiger partial charge in [-0.1, -0.05) is 118 Å². The summed E-state index contributed by atoms with van der Waals surface area (Å²) >= 11 is 1.85. The molecule has 0 aliphatic carbocycles. The first kappa shape index (κ1) is 29.1. The van der Waals surface area contributed by atoms with E-state index in [-0.39, 0.29) is 5.41 Å². The average molecular weight is 626 g/mol. The molecule has 0 bridgehead atoms. The van der Waals surface area contributed by atoms with Crippen molar-refractivity contribution in [1.29, 1.82) is 0 Å². The summed E-state index contributed by atoms with van der Waals surface area (Å²) in [7, 11) is 0. The molecule has 0 spiro atoms. The van der Waals surface area contributed by atoms with Crippen LogP contribution in [0.15, 0.2) is 146 Å². The van der Waals surface area contributed by atoms with Gasteiger partial charge in [0, 0.05) is 44.2 Å². The largest absolute Gasteiger partial charge is 0.295 e. The van der Waals surface area contributed by atoms with Crippen molar-refractivity contribution in [2.75, 3.05) is 4.90 Å². The van der Waals surface area contributed by atoms with Crippen molar-refractivity contribution in [3.05, 3.63) is 151 Å². The molecule has 3 aromatic heterocycles. The van der Waals surface area contributed by atoms with Gasteiger partial charge in [-0.25, -0.2) is 4.98 Å². The van der Waals surface area contributed by atoms with Crippen LogP contribution in [0.2, 0.25) is 0 Å². The lowest BCUT2D eigenvalue weighted by Crippen LogP contribution is -2.11. The Hall–Kier alpha value is -5.32. The van der Waals surface area contributed by atoms with Gasteiger partial charge < -0.3 is 0 Å². The SMILES string of the molecule is CC(C)(C)Cc1ccc2c(ccc3c4ccnc(-c5cccc(N(c6ccccc6)c6cccc(-c7ccccc7)n6)c5)c4sc23)c1. The Morgan fingerprint density at radius 1 is 0.596 bits per heavy atom. The Balaban J connectivity index is 1.25. The highest BCUT2D eigenvalue weighted by molar-refractivity contribution is 7.27. The van der Waals surface area contributed by atoms with Crippen molar-refractivity contribution in [3.63, 3.8) is 0 Å². The number of thiophene rings is 1. The van der Waals surface area contributed by atoms with Gasteiger partial charge in [-0.3, -0.25) is 9.88 Å². The lowest BCUT2D eigenvalue weighted by Gasteiger charge is -2.25. The maximum absolute atomic E-state index is 5.14. The number of benzene rings is 5. The number of hydrogen-bond donors (Lipinski definition) is 0. The van der Waals surface area contributed by atoms with Gasteiger partial charge in [-0.2, -0.15) is 0 Å². The van der Waals surface area contributed by atoms with Crippen molar-refractivity contribution >= 4 is 59.5 Å². The molecular formula is C43H35N3S. The highest BCUT2D eigenvalue weighted by Crippen LogP contribution is 2.43. The van der Waals surface area contributed by atoms with E-state index in [4.69, 9.17) is 9.97 Å². The van der Waals surface area contributed by atoms with Crippen LogP contribution in [-0.2, 0) is 6.42 Å². The fourth-order valence-corrected chi connectivity index (χ4v) is 7.91. The van der Waals surface area contributed by atoms with Crippen LogP contribution in [0.25, 0.3) is 53.5 Å². The van der Waals surface area contributed by atoms with E-state index in [1.54, 1.807) is 0 Å². The van der Waals surface area contributed by atoms with Crippen LogP contribution in [0.3, 0.4) is 0 Å². The minimum absolute atomic E-state index is 0.251. The highest BCUT2D eigenvalue weighted by Gasteiger charge is 2.18. The van der Waals surface area contributed by atoms with Crippen LogP contribution in [-0.4, -0.2) is 9.97 Å². The number of nitrogens with zero attached hydrogens (tertiary/aromatic N) is 3. The van der Waals surface area contributed by atoms with Crippen LogP contribution in [0, 0.1) is 5.41 Å². The van der Waals surface area contributed by atoms with Gasteiger partial charge in [0.15, 0.2) is 0 Å². The van der Waals surface area contributed by atoms with Gasteiger partial charge in [0.25, 0.3) is 0 Å². The monoisotopic (exact) mass is 625 g/mol. The van der Waals surface area contributed by atoms with Crippen LogP contribution >= 0.6 is 11.3 Å². The summed E-state index contributed by atoms with van der Waals surface area (Å²) in [4.78, 5) is 12.4. The van der Waals surface area contributed by atoms with Gasteiger partial charge in [0.2, 0.25) is 0 Å². The lowest BCUT2D eigenvalue weighted by molar-refractivity contribution is 0.411. The number of fused-ring (bicyclic) bond motifs is 5. The number of pyridine rings is 2. The maximum Gasteiger partial charge on any atom is 0.138 e. The Bertz CT molecular complexity index is 2370. The van der Waals surface area contributed by atoms with Gasteiger partial charge in [-0.05, 0) is 70.6 Å². The van der Waals surface area contributed by atoms with Gasteiger partial charge >= 0.3 is 0 Å². The predicted octanol–water partition coefficient (Wildman–Crippen LogP) is 12.4. The fourth-order valence-electron chi connectivity index (χ4n) is 6.57. The second-order valence-corrected chi connectivity index (χ2v) is 14.4. The zero-order chi connectivity index (χ0) is 32.0. The molecule has 0 fully saturated rings. The Labute approximate surface area is 279 Å². The minimum atomic E-state index is 0.251. The van der Waals surface area contributed by atoms with E-state index in [9.17, 15) is 0 Å². The molecule has 0 aliphatic rings. The molecule has 4 heteroatoms. The number of hydrogen-bond acceptors (Lipinski definition) is 4. The second-order valence-electron chi connectivity index (χ2n) is 13.3. The fraction of sp³-hybridized carbons (Fsp3) is 0.116. The smallest absolute Gasteiger partial charge is 0.138 e. The number of anilines is 3. The minimum Gasteiger partial charge on any atom is -0.295 e. The quantitative estimate of drug-likeness (QED) is 0.184. The molecule has 0 N–H and O–H groups in total. The van der Waals surface area contributed by atoms with E-state index in [0.717, 1.165) is 46.1 Å². The molecule has 8 aromatic rings. The molecule has 5 aromatic carbocycles. The van der Waals surface area contributed by atoms with E-state index >= 15 is 0 Å². The highest BCUT2D eigenvalue weighted by atomic mass is 32.1. The van der Waals surface area contributed by atoms with Crippen molar-refractivity contribution in [1.82, 2.24) is 9.97 Å². The van der Waals surface area contributed by atoms with E-state index < -0.39 is 0 Å². The van der Waals surface area contributed by atoms with E-state index in [1.165, 1.54) is 36.5 Å². The molecule has 0 atom stereocenters. The third kappa shape index (κ3) is 5.66. The molecule has 47 heavy (non-hydrogen) atoms. The molecule has 0 radical (unpaired) electrons. The molecule has 8 rings (SSSR count). The normalized spacial score (nSPS) is 11.8. The summed E-state index contributed by atoms with van der Waals surface area (Å²) in [5.74, 6) is 0.861. The third-order valence-corrected chi connectivity index (χ3v) is 9.85. The first-order valence-corrected chi connectivity index (χ1v) is 16.9. The van der Waals surface area contributed by atoms with Crippen molar-refractivity contribution in [2.45, 2.75) is 27.2 Å². The first-order valence-electron chi connectivity index (χ1n) is 16.1. The van der Waals surface area contributed by atoms with E-state index in [1.807, 2.05) is 29.7 Å². The van der Waals surface area contributed by atoms with Crippen LogP contribution in [0.1, 0.15) is 26.3 Å². The molecule has 228 valence electrons. The first-order chi connectivity index (χ1) is 22.9. The van der Waals surface area contributed by atoms with Crippen LogP contribution in [0.5, 0.6) is 0 Å². The standard InChI is InChI=1S/C43H35N3S/c1-43(2,3)28-29-20-22-35-31(26-29)21-23-36-37-24-25-44-40(42(37)47-41(35)36)32-14-10-17-34(27-32)46(33-15-8-5-9-16-33)39-19-11-18-38(45-39)30-12-6-4-7-13-30/h4-27H,28H2,1-3H3. The van der Waals surface area contributed by atoms with Gasteiger partial charge in [0.1, 0.15) is 5.82 Å². The number of aromatic nitrogens is 2. The summed E-state index contributed by atoms with van der Waals surface area (Å²) in [6.45, 7) is 6.90. The maximum atomic E-state index is 5.14. The van der Waals surface area contributed by atoms with Gasteiger partial charge in [-0.15, -0.1) is 11.3 Å². The predicted molar refractivity (Wildman–Crippen MR) is 201 cm³/mol. The summed E-state index contributed by atoms with van der Waals surface area (Å²) < 4.78 is 2.53. The van der Waals surface area contributed by atoms with Crippen LogP contribution in [0.4, 0.5) is 17.2 Å². The Kier molecular flexibility index (Phi) is 7.31. The molecule has 0 unspecified atom stereocenters. The molecule has 0 amide bonds. The van der Waals surface area contributed by atoms with E-state index in [2.05, 4.69) is 153 Å². The van der Waals surface area contributed by atoms with Crippen molar-refractivity contribution in [2.24, 2.45) is 5.41 Å². The van der Waals surface area contributed by atoms with E-state index in [0.29, 0.717) is 0 Å². The van der Waals surface area contributed by atoms with Crippen LogP contribution < -0.4 is 4.90 Å². The zero-order valence-electron chi connectivity index (χ0n) is 26.8. The Morgan fingerprint density at radius 2 is 1.30 bits per heavy atom. The summed E-state index contributed by atoms with van der Waals surface area (Å²) in [6.07, 6.45) is 3.01. The zero-order valence-corrected chi connectivity index (χ0v) is 27.6. The number of rotatable bonds is 6. The van der Waals surface area contributed by atoms with Crippen molar-refractivity contribution in [3.8, 4) is 22.5 Å². The third-order valence-electron chi connectivity index (χ3n) is 8.59. The molecule has 0 saturated heterocycles. The second kappa shape index (κ2) is 11.8. The average Bonchev–Trinajstić information content (AvgIpc) is 3.48. The summed E-state index contributed by atoms with van der Waals surface area (Å²) in [5, 5.41) is 5.14. The molecule has 3 nitrogen and oxygen atoms in total. The summed E-state index contributed by atoms with van der Waals surface area (Å²) in [6, 6.07) is 49.5. The molecule has 0 saturated carbocycles. The molecule has 3 heterocycles. The Morgan fingerprint density at radius 3 is 2.11 bits per heavy atom. The summed E-state index contributed by atoms with van der Waals surface area (Å²) in [5.41, 5.74) is 7.83. The molecular weight excluding hydrogens is 591 g/mol. The van der Waals surface area contributed by atoms with Gasteiger partial charge in [0.05, 0.1) is 16.1 Å². The number of para-hydroxylation sites is 1. The topological polar surface area (TPSA) is 29.0 Å².